The molecule has 0 fully saturated rings. The number of fused-ring (bicyclic) bond motifs is 6. The van der Waals surface area contributed by atoms with Crippen LogP contribution in [0.25, 0.3) is 77.2 Å². The fourth-order valence-corrected chi connectivity index (χ4v) is 15.4. The van der Waals surface area contributed by atoms with Gasteiger partial charge in [-0.25, -0.2) is 0 Å². The van der Waals surface area contributed by atoms with Gasteiger partial charge in [-0.3, -0.25) is 0 Å². The minimum atomic E-state index is -2.99. The van der Waals surface area contributed by atoms with Crippen molar-refractivity contribution in [2.24, 2.45) is 0 Å². The van der Waals surface area contributed by atoms with Crippen molar-refractivity contribution in [1.29, 1.82) is 0 Å². The third kappa shape index (κ3) is 5.78. The van der Waals surface area contributed by atoms with E-state index in [2.05, 4.69) is 264 Å². The SMILES string of the molecule is c1ccc(-c2cccc(-n3c4cccc(-c5ccccc5)c4c4cccc(-n5c6ccccc6c6cccc([Si](c7ccccc7)(c7ccccc7)c7ccccc7)c65)c43)c2)cc1. The predicted molar refractivity (Wildman–Crippen MR) is 270 cm³/mol. The van der Waals surface area contributed by atoms with Gasteiger partial charge in [0.05, 0.1) is 27.8 Å². The van der Waals surface area contributed by atoms with Crippen molar-refractivity contribution in [2.45, 2.75) is 0 Å². The minimum absolute atomic E-state index is 1.12. The number of hydrogen-bond acceptors (Lipinski definition) is 0. The summed E-state index contributed by atoms with van der Waals surface area (Å²) in [6, 6.07) is 94.4. The van der Waals surface area contributed by atoms with E-state index in [0.717, 1.165) is 11.4 Å². The summed E-state index contributed by atoms with van der Waals surface area (Å²) >= 11 is 0. The normalized spacial score (nSPS) is 11.8. The van der Waals surface area contributed by atoms with Crippen molar-refractivity contribution in [1.82, 2.24) is 9.13 Å². The summed E-state index contributed by atoms with van der Waals surface area (Å²) in [7, 11) is -2.99. The average molecular weight is 819 g/mol. The van der Waals surface area contributed by atoms with E-state index in [9.17, 15) is 0 Å². The molecule has 0 amide bonds. The van der Waals surface area contributed by atoms with Gasteiger partial charge in [-0.05, 0) is 73.3 Å². The fraction of sp³-hybridized carbons (Fsp3) is 0. The number of rotatable bonds is 8. The third-order valence-electron chi connectivity index (χ3n) is 13.0. The molecule has 10 aromatic carbocycles. The molecule has 0 saturated heterocycles. The molecule has 0 saturated carbocycles. The molecule has 0 radical (unpaired) electrons. The fourth-order valence-electron chi connectivity index (χ4n) is 10.5. The largest absolute Gasteiger partial charge is 0.307 e. The summed E-state index contributed by atoms with van der Waals surface area (Å²) in [6.07, 6.45) is 0. The van der Waals surface area contributed by atoms with Crippen LogP contribution in [0, 0.1) is 0 Å². The van der Waals surface area contributed by atoms with Crippen molar-refractivity contribution in [3.05, 3.63) is 255 Å². The summed E-state index contributed by atoms with van der Waals surface area (Å²) in [5.41, 5.74) is 11.8. The van der Waals surface area contributed by atoms with Gasteiger partial charge in [0.1, 0.15) is 0 Å². The van der Waals surface area contributed by atoms with E-state index in [-0.39, 0.29) is 0 Å². The lowest BCUT2D eigenvalue weighted by atomic mass is 9.99. The lowest BCUT2D eigenvalue weighted by Gasteiger charge is -2.35. The van der Waals surface area contributed by atoms with Crippen LogP contribution in [0.15, 0.2) is 255 Å². The summed E-state index contributed by atoms with van der Waals surface area (Å²) in [5.74, 6) is 0. The maximum Gasteiger partial charge on any atom is 0.181 e. The standard InChI is InChI=1S/C60H42N2Si/c1-6-22-43(23-7-1)45-26-18-27-46(42-45)61-55-39-19-35-50(44-24-8-2-9-25-44)58(55)53-37-20-40-56(59(53)61)62-54-38-17-16-34-51(54)52-36-21-41-57(60(52)62)63(47-28-10-3-11-29-47,48-30-12-4-13-31-48)49-32-14-5-15-33-49/h1-42H. The Hall–Kier alpha value is -7.98. The van der Waals surface area contributed by atoms with Crippen molar-refractivity contribution >= 4 is 72.4 Å². The quantitative estimate of drug-likeness (QED) is 0.107. The third-order valence-corrected chi connectivity index (χ3v) is 17.9. The van der Waals surface area contributed by atoms with Gasteiger partial charge >= 0.3 is 0 Å². The van der Waals surface area contributed by atoms with Crippen LogP contribution in [0.2, 0.25) is 0 Å². The summed E-state index contributed by atoms with van der Waals surface area (Å²) in [6.45, 7) is 0. The molecule has 0 atom stereocenters. The van der Waals surface area contributed by atoms with Crippen molar-refractivity contribution < 1.29 is 0 Å². The van der Waals surface area contributed by atoms with Gasteiger partial charge < -0.3 is 9.13 Å². The van der Waals surface area contributed by atoms with Gasteiger partial charge in [0.15, 0.2) is 8.07 Å². The van der Waals surface area contributed by atoms with Gasteiger partial charge in [0, 0.05) is 27.2 Å². The molecule has 0 N–H and O–H groups in total. The highest BCUT2D eigenvalue weighted by molar-refractivity contribution is 7.20. The first-order valence-electron chi connectivity index (χ1n) is 21.8. The van der Waals surface area contributed by atoms with Gasteiger partial charge in [0.25, 0.3) is 0 Å². The zero-order chi connectivity index (χ0) is 41.7. The highest BCUT2D eigenvalue weighted by Gasteiger charge is 2.43. The van der Waals surface area contributed by atoms with Crippen molar-refractivity contribution in [3.63, 3.8) is 0 Å². The zero-order valence-corrected chi connectivity index (χ0v) is 35.6. The van der Waals surface area contributed by atoms with Crippen LogP contribution in [0.4, 0.5) is 0 Å². The van der Waals surface area contributed by atoms with Crippen LogP contribution in [0.1, 0.15) is 0 Å². The van der Waals surface area contributed by atoms with Gasteiger partial charge in [0.2, 0.25) is 0 Å². The lowest BCUT2D eigenvalue weighted by molar-refractivity contribution is 1.13. The Bertz CT molecular complexity index is 3500. The van der Waals surface area contributed by atoms with Crippen LogP contribution in [0.3, 0.4) is 0 Å². The molecule has 63 heavy (non-hydrogen) atoms. The average Bonchev–Trinajstić information content (AvgIpc) is 3.90. The molecule has 0 aliphatic carbocycles. The highest BCUT2D eigenvalue weighted by Crippen LogP contribution is 2.43. The topological polar surface area (TPSA) is 9.86 Å². The maximum atomic E-state index is 2.61. The lowest BCUT2D eigenvalue weighted by Crippen LogP contribution is -2.75. The Morgan fingerprint density at radius 3 is 1.46 bits per heavy atom. The first kappa shape index (κ1) is 36.8. The molecular formula is C60H42N2Si. The molecule has 2 aromatic heterocycles. The van der Waals surface area contributed by atoms with Crippen molar-refractivity contribution in [3.8, 4) is 33.6 Å². The molecule has 0 spiro atoms. The number of nitrogens with zero attached hydrogens (tertiary/aromatic N) is 2. The van der Waals surface area contributed by atoms with Crippen LogP contribution < -0.4 is 20.7 Å². The Kier molecular flexibility index (Phi) is 8.87. The number of para-hydroxylation sites is 3. The summed E-state index contributed by atoms with van der Waals surface area (Å²) in [4.78, 5) is 0. The first-order chi connectivity index (χ1) is 31.3. The van der Waals surface area contributed by atoms with Crippen LogP contribution in [0.5, 0.6) is 0 Å². The van der Waals surface area contributed by atoms with Crippen molar-refractivity contribution in [2.75, 3.05) is 0 Å². The second-order valence-corrected chi connectivity index (χ2v) is 20.2. The van der Waals surface area contributed by atoms with Crippen LogP contribution >= 0.6 is 0 Å². The van der Waals surface area contributed by atoms with Gasteiger partial charge in [-0.1, -0.05) is 224 Å². The highest BCUT2D eigenvalue weighted by atomic mass is 28.3. The Morgan fingerprint density at radius 2 is 0.794 bits per heavy atom. The van der Waals surface area contributed by atoms with E-state index >= 15 is 0 Å². The van der Waals surface area contributed by atoms with E-state index in [4.69, 9.17) is 0 Å². The molecule has 0 aliphatic rings. The monoisotopic (exact) mass is 818 g/mol. The predicted octanol–water partition coefficient (Wildman–Crippen LogP) is 12.6. The zero-order valence-electron chi connectivity index (χ0n) is 34.6. The molecule has 12 aromatic rings. The molecule has 3 heteroatoms. The van der Waals surface area contributed by atoms with E-state index in [1.165, 1.54) is 86.6 Å². The molecule has 2 heterocycles. The van der Waals surface area contributed by atoms with E-state index in [1.54, 1.807) is 0 Å². The molecular weight excluding hydrogens is 777 g/mol. The van der Waals surface area contributed by atoms with Crippen LogP contribution in [-0.4, -0.2) is 17.2 Å². The number of benzene rings is 10. The second-order valence-electron chi connectivity index (χ2n) is 16.4. The number of aromatic nitrogens is 2. The molecule has 0 bridgehead atoms. The second kappa shape index (κ2) is 15.2. The molecule has 2 nitrogen and oxygen atoms in total. The molecule has 0 aliphatic heterocycles. The smallest absolute Gasteiger partial charge is 0.181 e. The maximum absolute atomic E-state index is 2.99. The molecule has 12 rings (SSSR count). The van der Waals surface area contributed by atoms with Crippen LogP contribution in [-0.2, 0) is 0 Å². The Morgan fingerprint density at radius 1 is 0.302 bits per heavy atom. The Labute approximate surface area is 368 Å². The van der Waals surface area contributed by atoms with E-state index in [1.807, 2.05) is 0 Å². The van der Waals surface area contributed by atoms with E-state index < -0.39 is 8.07 Å². The van der Waals surface area contributed by atoms with Gasteiger partial charge in [-0.15, -0.1) is 0 Å². The summed E-state index contributed by atoms with van der Waals surface area (Å²) in [5, 5.41) is 10.4. The Balaban J connectivity index is 1.27. The first-order valence-corrected chi connectivity index (χ1v) is 23.8. The minimum Gasteiger partial charge on any atom is -0.307 e. The molecule has 296 valence electrons. The number of hydrogen-bond donors (Lipinski definition) is 0. The van der Waals surface area contributed by atoms with Gasteiger partial charge in [-0.2, -0.15) is 0 Å². The van der Waals surface area contributed by atoms with E-state index in [0.29, 0.717) is 0 Å². The summed E-state index contributed by atoms with van der Waals surface area (Å²) < 4.78 is 5.13. The molecule has 0 unspecified atom stereocenters.